The number of anilines is 2. The maximum atomic E-state index is 12.3. The van der Waals surface area contributed by atoms with E-state index in [1.54, 1.807) is 37.3 Å². The van der Waals surface area contributed by atoms with Gasteiger partial charge in [-0.05, 0) is 36.4 Å². The fraction of sp³-hybridized carbons (Fsp3) is 0.250. The average Bonchev–Trinajstić information content (AvgIpc) is 2.66. The highest BCUT2D eigenvalue weighted by Crippen LogP contribution is 2.28. The summed E-state index contributed by atoms with van der Waals surface area (Å²) < 4.78 is 10.7. The largest absolute Gasteiger partial charge is 0.495 e. The van der Waals surface area contributed by atoms with Crippen LogP contribution >= 0.6 is 11.6 Å². The van der Waals surface area contributed by atoms with Gasteiger partial charge in [0, 0.05) is 24.1 Å². The molecule has 28 heavy (non-hydrogen) atoms. The molecule has 0 aliphatic rings. The van der Waals surface area contributed by atoms with Gasteiger partial charge >= 0.3 is 0 Å². The smallest absolute Gasteiger partial charge is 0.262 e. The van der Waals surface area contributed by atoms with E-state index in [-0.39, 0.29) is 30.5 Å². The summed E-state index contributed by atoms with van der Waals surface area (Å²) in [6, 6.07) is 9.51. The van der Waals surface area contributed by atoms with E-state index in [1.807, 2.05) is 0 Å². The predicted octanol–water partition coefficient (Wildman–Crippen LogP) is 3.92. The normalized spacial score (nSPS) is 10.1. The number of amides is 2. The van der Waals surface area contributed by atoms with Crippen LogP contribution in [0.5, 0.6) is 11.5 Å². The molecule has 2 rings (SSSR count). The van der Waals surface area contributed by atoms with Crippen LogP contribution < -0.4 is 20.1 Å². The van der Waals surface area contributed by atoms with Gasteiger partial charge in [0.1, 0.15) is 11.5 Å². The highest BCUT2D eigenvalue weighted by Gasteiger charge is 2.14. The Balaban J connectivity index is 2.11. The lowest BCUT2D eigenvalue weighted by molar-refractivity contribution is -0.118. The van der Waals surface area contributed by atoms with Gasteiger partial charge in [-0.1, -0.05) is 18.5 Å². The number of nitrogens with one attached hydrogen (secondary N) is 2. The standard InChI is InChI=1S/C20H21ClN2O5/c1-4-17(25)15-9-13(21)5-7-18(15)28-11-20(26)23-16-10-14(22-12(2)24)6-8-19(16)27-3/h5-10H,4,11H2,1-3H3,(H,22,24)(H,23,26). The van der Waals surface area contributed by atoms with Gasteiger partial charge < -0.3 is 20.1 Å². The lowest BCUT2D eigenvalue weighted by atomic mass is 10.1. The first-order valence-corrected chi connectivity index (χ1v) is 8.92. The maximum Gasteiger partial charge on any atom is 0.262 e. The number of rotatable bonds is 8. The summed E-state index contributed by atoms with van der Waals surface area (Å²) in [5, 5.41) is 5.71. The topological polar surface area (TPSA) is 93.7 Å². The number of ether oxygens (including phenoxy) is 2. The Bertz CT molecular complexity index is 898. The number of carbonyl (C=O) groups excluding carboxylic acids is 3. The molecule has 2 amide bonds. The molecule has 2 aromatic carbocycles. The summed E-state index contributed by atoms with van der Waals surface area (Å²) in [7, 11) is 1.47. The maximum absolute atomic E-state index is 12.3. The number of hydrogen-bond donors (Lipinski definition) is 2. The van der Waals surface area contributed by atoms with E-state index < -0.39 is 5.91 Å². The van der Waals surface area contributed by atoms with Crippen molar-refractivity contribution in [1.29, 1.82) is 0 Å². The minimum absolute atomic E-state index is 0.136. The van der Waals surface area contributed by atoms with Crippen LogP contribution in [-0.4, -0.2) is 31.3 Å². The molecule has 7 nitrogen and oxygen atoms in total. The van der Waals surface area contributed by atoms with Crippen molar-refractivity contribution in [3.05, 3.63) is 47.0 Å². The summed E-state index contributed by atoms with van der Waals surface area (Å²) >= 11 is 5.94. The number of ketones is 1. The molecule has 0 aliphatic carbocycles. The summed E-state index contributed by atoms with van der Waals surface area (Å²) in [6.07, 6.45) is 0.288. The number of halogens is 1. The molecule has 0 aromatic heterocycles. The zero-order valence-corrected chi connectivity index (χ0v) is 16.6. The zero-order chi connectivity index (χ0) is 20.7. The Kier molecular flexibility index (Phi) is 7.40. The van der Waals surface area contributed by atoms with Crippen LogP contribution in [0, 0.1) is 0 Å². The number of hydrogen-bond acceptors (Lipinski definition) is 5. The SMILES string of the molecule is CCC(=O)c1cc(Cl)ccc1OCC(=O)Nc1cc(NC(C)=O)ccc1OC. The van der Waals surface area contributed by atoms with Crippen molar-refractivity contribution >= 4 is 40.6 Å². The van der Waals surface area contributed by atoms with Gasteiger partial charge in [0.2, 0.25) is 5.91 Å². The lowest BCUT2D eigenvalue weighted by Gasteiger charge is -2.14. The van der Waals surface area contributed by atoms with Gasteiger partial charge in [0.05, 0.1) is 18.4 Å². The van der Waals surface area contributed by atoms with Crippen molar-refractivity contribution in [1.82, 2.24) is 0 Å². The van der Waals surface area contributed by atoms with E-state index in [0.717, 1.165) is 0 Å². The minimum atomic E-state index is -0.455. The zero-order valence-electron chi connectivity index (χ0n) is 15.8. The fourth-order valence-electron chi connectivity index (χ4n) is 2.45. The molecule has 8 heteroatoms. The molecule has 0 saturated carbocycles. The van der Waals surface area contributed by atoms with Gasteiger partial charge in [-0.15, -0.1) is 0 Å². The Hall–Kier alpha value is -3.06. The van der Waals surface area contributed by atoms with Gasteiger partial charge in [-0.2, -0.15) is 0 Å². The van der Waals surface area contributed by atoms with Crippen LogP contribution in [0.25, 0.3) is 0 Å². The van der Waals surface area contributed by atoms with Crippen LogP contribution in [0.3, 0.4) is 0 Å². The van der Waals surface area contributed by atoms with Gasteiger partial charge in [-0.3, -0.25) is 14.4 Å². The monoisotopic (exact) mass is 404 g/mol. The van der Waals surface area contributed by atoms with Gasteiger partial charge in [-0.25, -0.2) is 0 Å². The average molecular weight is 405 g/mol. The summed E-state index contributed by atoms with van der Waals surface area (Å²) in [5.41, 5.74) is 1.22. The Morgan fingerprint density at radius 1 is 1.04 bits per heavy atom. The molecule has 0 aliphatic heterocycles. The van der Waals surface area contributed by atoms with Crippen molar-refractivity contribution in [2.45, 2.75) is 20.3 Å². The van der Waals surface area contributed by atoms with E-state index in [0.29, 0.717) is 27.7 Å². The Morgan fingerprint density at radius 2 is 1.75 bits per heavy atom. The molecule has 0 fully saturated rings. The quantitative estimate of drug-likeness (QED) is 0.650. The highest BCUT2D eigenvalue weighted by molar-refractivity contribution is 6.31. The van der Waals surface area contributed by atoms with Gasteiger partial charge in [0.15, 0.2) is 12.4 Å². The molecular weight excluding hydrogens is 384 g/mol. The molecule has 0 bridgehead atoms. The molecule has 0 heterocycles. The molecule has 0 saturated heterocycles. The second kappa shape index (κ2) is 9.75. The van der Waals surface area contributed by atoms with Crippen LogP contribution in [0.15, 0.2) is 36.4 Å². The first-order chi connectivity index (χ1) is 13.3. The summed E-state index contributed by atoms with van der Waals surface area (Å²) in [4.78, 5) is 35.6. The highest BCUT2D eigenvalue weighted by atomic mass is 35.5. The molecule has 2 N–H and O–H groups in total. The first kappa shape index (κ1) is 21.2. The van der Waals surface area contributed by atoms with Crippen molar-refractivity contribution in [2.75, 3.05) is 24.4 Å². The molecule has 0 spiro atoms. The molecular formula is C20H21ClN2O5. The predicted molar refractivity (Wildman–Crippen MR) is 107 cm³/mol. The fourth-order valence-corrected chi connectivity index (χ4v) is 2.62. The third-order valence-corrected chi connectivity index (χ3v) is 3.95. The van der Waals surface area contributed by atoms with Crippen molar-refractivity contribution < 1.29 is 23.9 Å². The van der Waals surface area contributed by atoms with Crippen LogP contribution in [0.4, 0.5) is 11.4 Å². The summed E-state index contributed by atoms with van der Waals surface area (Å²) in [6.45, 7) is 2.80. The number of Topliss-reactive ketones (excluding diaryl/α,β-unsaturated/α-hetero) is 1. The lowest BCUT2D eigenvalue weighted by Crippen LogP contribution is -2.21. The van der Waals surface area contributed by atoms with Crippen molar-refractivity contribution in [3.8, 4) is 11.5 Å². The minimum Gasteiger partial charge on any atom is -0.495 e. The van der Waals surface area contributed by atoms with Crippen molar-refractivity contribution in [3.63, 3.8) is 0 Å². The Labute approximate surface area is 168 Å². The molecule has 0 unspecified atom stereocenters. The molecule has 148 valence electrons. The van der Waals surface area contributed by atoms with E-state index in [9.17, 15) is 14.4 Å². The van der Waals surface area contributed by atoms with Gasteiger partial charge in [0.25, 0.3) is 5.91 Å². The molecule has 2 aromatic rings. The third-order valence-electron chi connectivity index (χ3n) is 3.72. The van der Waals surface area contributed by atoms with Crippen molar-refractivity contribution in [2.24, 2.45) is 0 Å². The summed E-state index contributed by atoms with van der Waals surface area (Å²) in [5.74, 6) is -0.117. The van der Waals surface area contributed by atoms with E-state index in [2.05, 4.69) is 10.6 Å². The van der Waals surface area contributed by atoms with E-state index >= 15 is 0 Å². The van der Waals surface area contributed by atoms with Crippen LogP contribution in [0.2, 0.25) is 5.02 Å². The first-order valence-electron chi connectivity index (χ1n) is 8.55. The third kappa shape index (κ3) is 5.72. The van der Waals surface area contributed by atoms with Crippen LogP contribution in [0.1, 0.15) is 30.6 Å². The number of methoxy groups -OCH3 is 1. The number of carbonyl (C=O) groups is 3. The molecule has 0 atom stereocenters. The molecule has 0 radical (unpaired) electrons. The second-order valence-electron chi connectivity index (χ2n) is 5.85. The number of benzene rings is 2. The second-order valence-corrected chi connectivity index (χ2v) is 6.29. The van der Waals surface area contributed by atoms with Crippen LogP contribution in [-0.2, 0) is 9.59 Å². The van der Waals surface area contributed by atoms with E-state index in [1.165, 1.54) is 20.1 Å². The van der Waals surface area contributed by atoms with E-state index in [4.69, 9.17) is 21.1 Å². The Morgan fingerprint density at radius 3 is 2.39 bits per heavy atom.